The second-order valence-corrected chi connectivity index (χ2v) is 6.73. The van der Waals surface area contributed by atoms with Gasteiger partial charge in [-0.2, -0.15) is 0 Å². The van der Waals surface area contributed by atoms with Gasteiger partial charge in [-0.1, -0.05) is 13.8 Å². The zero-order valence-corrected chi connectivity index (χ0v) is 16.7. The summed E-state index contributed by atoms with van der Waals surface area (Å²) in [6, 6.07) is 12.5. The molecule has 0 fully saturated rings. The largest absolute Gasteiger partial charge is 0.497 e. The van der Waals surface area contributed by atoms with Crippen molar-refractivity contribution in [3.8, 4) is 11.5 Å². The summed E-state index contributed by atoms with van der Waals surface area (Å²) < 4.78 is 26.3. The van der Waals surface area contributed by atoms with E-state index < -0.39 is 0 Å². The summed E-state index contributed by atoms with van der Waals surface area (Å²) in [5.74, 6) is 2.15. The van der Waals surface area contributed by atoms with E-state index in [1.54, 1.807) is 19.2 Å². The van der Waals surface area contributed by atoms with Crippen LogP contribution in [-0.2, 0) is 13.1 Å². The zero-order valence-electron chi connectivity index (χ0n) is 16.7. The lowest BCUT2D eigenvalue weighted by Gasteiger charge is -2.16. The van der Waals surface area contributed by atoms with Gasteiger partial charge in [-0.05, 0) is 49.2 Å². The summed E-state index contributed by atoms with van der Waals surface area (Å²) in [6.07, 6.45) is 2.16. The van der Waals surface area contributed by atoms with Gasteiger partial charge < -0.3 is 19.4 Å². The maximum absolute atomic E-state index is 13.0. The number of nitrogens with zero attached hydrogens (tertiary/aromatic N) is 2. The predicted molar refractivity (Wildman–Crippen MR) is 109 cm³/mol. The van der Waals surface area contributed by atoms with Crippen molar-refractivity contribution in [3.63, 3.8) is 0 Å². The molecule has 0 aliphatic rings. The van der Waals surface area contributed by atoms with E-state index in [1.807, 2.05) is 18.2 Å². The van der Waals surface area contributed by atoms with Crippen LogP contribution in [0.5, 0.6) is 11.5 Å². The van der Waals surface area contributed by atoms with Crippen LogP contribution in [-0.4, -0.2) is 29.3 Å². The fraction of sp³-hybridized carbons (Fsp3) is 0.409. The van der Waals surface area contributed by atoms with Crippen molar-refractivity contribution in [2.75, 3.05) is 13.7 Å². The summed E-state index contributed by atoms with van der Waals surface area (Å²) in [7, 11) is 1.66. The van der Waals surface area contributed by atoms with Gasteiger partial charge in [0.2, 0.25) is 0 Å². The lowest BCUT2D eigenvalue weighted by atomic mass is 10.2. The Kier molecular flexibility index (Phi) is 6.87. The van der Waals surface area contributed by atoms with Crippen molar-refractivity contribution in [2.24, 2.45) is 0 Å². The highest BCUT2D eigenvalue weighted by atomic mass is 19.1. The van der Waals surface area contributed by atoms with Gasteiger partial charge in [0, 0.05) is 12.1 Å². The Hall–Kier alpha value is -2.60. The quantitative estimate of drug-likeness (QED) is 0.557. The molecular formula is C22H28FN3O2. The molecule has 0 saturated heterocycles. The molecule has 2 aromatic carbocycles. The molecule has 3 aromatic rings. The van der Waals surface area contributed by atoms with E-state index in [1.165, 1.54) is 12.1 Å². The molecule has 0 radical (unpaired) electrons. The maximum Gasteiger partial charge on any atom is 0.124 e. The third-order valence-electron chi connectivity index (χ3n) is 4.97. The lowest BCUT2D eigenvalue weighted by Crippen LogP contribution is -2.28. The first-order valence-electron chi connectivity index (χ1n) is 9.79. The first-order chi connectivity index (χ1) is 13.6. The van der Waals surface area contributed by atoms with Gasteiger partial charge in [-0.3, -0.25) is 0 Å². The van der Waals surface area contributed by atoms with Crippen LogP contribution < -0.4 is 14.8 Å². The van der Waals surface area contributed by atoms with Crippen LogP contribution in [0.15, 0.2) is 42.5 Å². The molecule has 0 aliphatic heterocycles. The standard InChI is InChI=1S/C22H28FN3O2/c1-4-17(5-2)24-15-22-25-20-14-19(27-3)10-11-21(20)26(22)12-13-28-18-8-6-16(23)7-9-18/h6-11,14,17,24H,4-5,12-13,15H2,1-3H3. The van der Waals surface area contributed by atoms with Gasteiger partial charge in [-0.15, -0.1) is 0 Å². The highest BCUT2D eigenvalue weighted by Gasteiger charge is 2.13. The Morgan fingerprint density at radius 1 is 1.07 bits per heavy atom. The number of benzene rings is 2. The molecule has 0 bridgehead atoms. The predicted octanol–water partition coefficient (Wildman–Crippen LogP) is 4.54. The number of aromatic nitrogens is 2. The number of halogens is 1. The monoisotopic (exact) mass is 385 g/mol. The summed E-state index contributed by atoms with van der Waals surface area (Å²) in [5.41, 5.74) is 1.95. The highest BCUT2D eigenvalue weighted by molar-refractivity contribution is 5.77. The van der Waals surface area contributed by atoms with Gasteiger partial charge in [0.1, 0.15) is 29.7 Å². The van der Waals surface area contributed by atoms with Crippen LogP contribution in [0, 0.1) is 5.82 Å². The maximum atomic E-state index is 13.0. The van der Waals surface area contributed by atoms with Crippen molar-refractivity contribution in [1.82, 2.24) is 14.9 Å². The van der Waals surface area contributed by atoms with Gasteiger partial charge >= 0.3 is 0 Å². The third-order valence-corrected chi connectivity index (χ3v) is 4.97. The third kappa shape index (κ3) is 4.81. The summed E-state index contributed by atoms with van der Waals surface area (Å²) >= 11 is 0. The number of ether oxygens (including phenoxy) is 2. The Bertz CT molecular complexity index is 889. The minimum atomic E-state index is -0.267. The molecule has 0 aliphatic carbocycles. The van der Waals surface area contributed by atoms with Gasteiger partial charge in [0.05, 0.1) is 31.2 Å². The van der Waals surface area contributed by atoms with Crippen molar-refractivity contribution >= 4 is 11.0 Å². The van der Waals surface area contributed by atoms with Crippen LogP contribution in [0.4, 0.5) is 4.39 Å². The van der Waals surface area contributed by atoms with Gasteiger partial charge in [0.15, 0.2) is 0 Å². The molecule has 0 unspecified atom stereocenters. The fourth-order valence-corrected chi connectivity index (χ4v) is 3.27. The molecule has 150 valence electrons. The van der Waals surface area contributed by atoms with Crippen LogP contribution in [0.1, 0.15) is 32.5 Å². The van der Waals surface area contributed by atoms with E-state index >= 15 is 0 Å². The average Bonchev–Trinajstić information content (AvgIpc) is 3.07. The molecule has 28 heavy (non-hydrogen) atoms. The number of rotatable bonds is 10. The Morgan fingerprint density at radius 2 is 1.79 bits per heavy atom. The average molecular weight is 385 g/mol. The molecule has 0 saturated carbocycles. The van der Waals surface area contributed by atoms with Gasteiger partial charge in [0.25, 0.3) is 0 Å². The number of hydrogen-bond acceptors (Lipinski definition) is 4. The molecule has 3 rings (SSSR count). The van der Waals surface area contributed by atoms with Crippen molar-refractivity contribution in [1.29, 1.82) is 0 Å². The summed E-state index contributed by atoms with van der Waals surface area (Å²) in [4.78, 5) is 4.81. The van der Waals surface area contributed by atoms with E-state index in [0.717, 1.165) is 35.4 Å². The SMILES string of the molecule is CCC(CC)NCc1nc2cc(OC)ccc2n1CCOc1ccc(F)cc1. The zero-order chi connectivity index (χ0) is 19.9. The van der Waals surface area contributed by atoms with E-state index in [0.29, 0.717) is 31.5 Å². The fourth-order valence-electron chi connectivity index (χ4n) is 3.27. The molecular weight excluding hydrogens is 357 g/mol. The first kappa shape index (κ1) is 20.1. The van der Waals surface area contributed by atoms with Crippen molar-refractivity contribution in [2.45, 2.75) is 45.8 Å². The summed E-state index contributed by atoms with van der Waals surface area (Å²) in [5, 5.41) is 3.58. The molecule has 0 atom stereocenters. The van der Waals surface area contributed by atoms with Gasteiger partial charge in [-0.25, -0.2) is 9.37 Å². The van der Waals surface area contributed by atoms with E-state index in [9.17, 15) is 4.39 Å². The Balaban J connectivity index is 1.78. The highest BCUT2D eigenvalue weighted by Crippen LogP contribution is 2.22. The molecule has 1 heterocycles. The number of hydrogen-bond donors (Lipinski definition) is 1. The Labute approximate surface area is 165 Å². The van der Waals surface area contributed by atoms with Crippen LogP contribution >= 0.6 is 0 Å². The minimum absolute atomic E-state index is 0.267. The lowest BCUT2D eigenvalue weighted by molar-refractivity contribution is 0.297. The topological polar surface area (TPSA) is 48.3 Å². The molecule has 0 spiro atoms. The minimum Gasteiger partial charge on any atom is -0.497 e. The Morgan fingerprint density at radius 3 is 2.46 bits per heavy atom. The molecule has 1 aromatic heterocycles. The molecule has 6 heteroatoms. The van der Waals surface area contributed by atoms with Crippen LogP contribution in [0.2, 0.25) is 0 Å². The molecule has 5 nitrogen and oxygen atoms in total. The molecule has 0 amide bonds. The smallest absolute Gasteiger partial charge is 0.124 e. The first-order valence-corrected chi connectivity index (χ1v) is 9.79. The number of methoxy groups -OCH3 is 1. The second kappa shape index (κ2) is 9.55. The van der Waals surface area contributed by atoms with E-state index in [2.05, 4.69) is 23.7 Å². The normalized spacial score (nSPS) is 11.3. The van der Waals surface area contributed by atoms with Crippen molar-refractivity contribution < 1.29 is 13.9 Å². The number of imidazole rings is 1. The number of fused-ring (bicyclic) bond motifs is 1. The van der Waals surface area contributed by atoms with Crippen LogP contribution in [0.25, 0.3) is 11.0 Å². The van der Waals surface area contributed by atoms with E-state index in [4.69, 9.17) is 14.5 Å². The summed E-state index contributed by atoms with van der Waals surface area (Å²) in [6.45, 7) is 6.19. The number of nitrogens with one attached hydrogen (secondary N) is 1. The van der Waals surface area contributed by atoms with Crippen LogP contribution in [0.3, 0.4) is 0 Å². The second-order valence-electron chi connectivity index (χ2n) is 6.73. The van der Waals surface area contributed by atoms with Crippen molar-refractivity contribution in [3.05, 3.63) is 54.1 Å². The molecule has 1 N–H and O–H groups in total. The van der Waals surface area contributed by atoms with E-state index in [-0.39, 0.29) is 5.82 Å².